The van der Waals surface area contributed by atoms with Gasteiger partial charge in [0.25, 0.3) is 0 Å². The van der Waals surface area contributed by atoms with Crippen molar-refractivity contribution in [1.82, 2.24) is 9.38 Å². The van der Waals surface area contributed by atoms with Crippen molar-refractivity contribution < 1.29 is 4.42 Å². The molecule has 4 aliphatic carbocycles. The lowest BCUT2D eigenvalue weighted by atomic mass is 9.47. The van der Waals surface area contributed by atoms with E-state index in [0.29, 0.717) is 0 Å². The van der Waals surface area contributed by atoms with Crippen molar-refractivity contribution in [1.29, 1.82) is 0 Å². The van der Waals surface area contributed by atoms with Crippen molar-refractivity contribution in [3.63, 3.8) is 0 Å². The summed E-state index contributed by atoms with van der Waals surface area (Å²) in [5, 5.41) is 0. The second-order valence-electron chi connectivity index (χ2n) is 9.86. The molecule has 0 unspecified atom stereocenters. The Hall–Kier alpha value is -2.23. The average molecular weight is 374 g/mol. The quantitative estimate of drug-likeness (QED) is 0.567. The number of nitrogens with zero attached hydrogens (tertiary/aromatic N) is 3. The van der Waals surface area contributed by atoms with Crippen LogP contribution in [0.2, 0.25) is 0 Å². The summed E-state index contributed by atoms with van der Waals surface area (Å²) in [5.74, 6) is 4.11. The highest BCUT2D eigenvalue weighted by atomic mass is 16.3. The topological polar surface area (TPSA) is 33.7 Å². The minimum absolute atomic E-state index is 0.0670. The smallest absolute Gasteiger partial charge is 0.306 e. The number of aromatic nitrogens is 2. The average Bonchev–Trinajstić information content (AvgIpc) is 3.32. The summed E-state index contributed by atoms with van der Waals surface area (Å²) < 4.78 is 8.03. The first kappa shape index (κ1) is 15.7. The summed E-state index contributed by atoms with van der Waals surface area (Å²) in [6, 6.07) is 9.25. The van der Waals surface area contributed by atoms with E-state index in [1.165, 1.54) is 54.7 Å². The molecule has 3 heterocycles. The van der Waals surface area contributed by atoms with Gasteiger partial charge >= 0.3 is 5.84 Å². The molecule has 3 aromatic rings. The van der Waals surface area contributed by atoms with Crippen molar-refractivity contribution in [2.45, 2.75) is 57.5 Å². The molecule has 8 rings (SSSR count). The van der Waals surface area contributed by atoms with Crippen molar-refractivity contribution in [3.05, 3.63) is 53.7 Å². The Morgan fingerprint density at radius 2 is 1.75 bits per heavy atom. The lowest BCUT2D eigenvalue weighted by molar-refractivity contribution is -0.0623. The van der Waals surface area contributed by atoms with Gasteiger partial charge in [-0.05, 0) is 81.3 Å². The van der Waals surface area contributed by atoms with E-state index in [4.69, 9.17) is 9.40 Å². The number of para-hydroxylation sites is 1. The maximum Gasteiger partial charge on any atom is 0.306 e. The van der Waals surface area contributed by atoms with E-state index in [1.807, 2.05) is 0 Å². The van der Waals surface area contributed by atoms with E-state index < -0.39 is 0 Å². The van der Waals surface area contributed by atoms with Gasteiger partial charge in [0, 0.05) is 11.9 Å². The fraction of sp³-hybridized carbons (Fsp3) is 0.542. The summed E-state index contributed by atoms with van der Waals surface area (Å²) in [6.07, 6.45) is 10.9. The first-order chi connectivity index (χ1) is 13.7. The molecule has 144 valence electrons. The number of benzene rings is 1. The first-order valence-electron chi connectivity index (χ1n) is 11.0. The predicted molar refractivity (Wildman–Crippen MR) is 108 cm³/mol. The minimum atomic E-state index is 0.0670. The van der Waals surface area contributed by atoms with Gasteiger partial charge in [0.15, 0.2) is 0 Å². The van der Waals surface area contributed by atoms with Gasteiger partial charge in [-0.1, -0.05) is 18.2 Å². The highest BCUT2D eigenvalue weighted by molar-refractivity contribution is 5.64. The molecule has 0 N–H and O–H groups in total. The molecule has 0 saturated heterocycles. The lowest BCUT2D eigenvalue weighted by Gasteiger charge is -2.63. The SMILES string of the molecule is Cc1ccccc1N1[C@@H](C)c2nc3occn3c2C12C1CC3CC(C1)CC2C3. The van der Waals surface area contributed by atoms with Gasteiger partial charge in [0.05, 0.1) is 23.0 Å². The van der Waals surface area contributed by atoms with E-state index in [1.54, 1.807) is 6.26 Å². The Bertz CT molecular complexity index is 1060. The Morgan fingerprint density at radius 3 is 2.46 bits per heavy atom. The van der Waals surface area contributed by atoms with Crippen LogP contribution in [0.5, 0.6) is 0 Å². The number of hydrogen-bond acceptors (Lipinski definition) is 3. The Labute approximate surface area is 165 Å². The molecule has 4 heteroatoms. The van der Waals surface area contributed by atoms with Crippen LogP contribution in [0.25, 0.3) is 5.84 Å². The van der Waals surface area contributed by atoms with E-state index in [9.17, 15) is 0 Å². The van der Waals surface area contributed by atoms with E-state index >= 15 is 0 Å². The molecule has 1 aromatic carbocycles. The molecule has 0 amide bonds. The zero-order valence-corrected chi connectivity index (χ0v) is 16.6. The van der Waals surface area contributed by atoms with Crippen molar-refractivity contribution in [2.24, 2.45) is 23.7 Å². The van der Waals surface area contributed by atoms with Gasteiger partial charge in [-0.2, -0.15) is 4.98 Å². The zero-order chi connectivity index (χ0) is 18.6. The van der Waals surface area contributed by atoms with E-state index in [0.717, 1.165) is 29.5 Å². The third kappa shape index (κ3) is 1.64. The molecular formula is C24H27N3O. The summed E-state index contributed by atoms with van der Waals surface area (Å²) in [5.41, 5.74) is 5.53. The highest BCUT2D eigenvalue weighted by Crippen LogP contribution is 2.68. The summed E-state index contributed by atoms with van der Waals surface area (Å²) >= 11 is 0. The molecule has 1 atom stereocenters. The number of imidazole rings is 1. The normalized spacial score (nSPS) is 38.1. The maximum absolute atomic E-state index is 5.75. The lowest BCUT2D eigenvalue weighted by Crippen LogP contribution is -2.62. The van der Waals surface area contributed by atoms with Gasteiger partial charge in [-0.15, -0.1) is 0 Å². The van der Waals surface area contributed by atoms with Crippen LogP contribution in [0.3, 0.4) is 0 Å². The molecule has 1 aliphatic heterocycles. The van der Waals surface area contributed by atoms with Crippen LogP contribution in [-0.2, 0) is 5.54 Å². The van der Waals surface area contributed by atoms with Gasteiger partial charge in [-0.25, -0.2) is 0 Å². The van der Waals surface area contributed by atoms with Gasteiger partial charge < -0.3 is 9.32 Å². The number of fused-ring (bicyclic) bond motifs is 3. The van der Waals surface area contributed by atoms with E-state index in [-0.39, 0.29) is 11.6 Å². The molecule has 4 bridgehead atoms. The second-order valence-corrected chi connectivity index (χ2v) is 9.86. The van der Waals surface area contributed by atoms with Gasteiger partial charge in [0.2, 0.25) is 0 Å². The van der Waals surface area contributed by atoms with Crippen LogP contribution in [0.15, 0.2) is 41.1 Å². The first-order valence-corrected chi connectivity index (χ1v) is 11.0. The van der Waals surface area contributed by atoms with Crippen LogP contribution in [-0.4, -0.2) is 9.38 Å². The number of aryl methyl sites for hydroxylation is 1. The number of oxazole rings is 1. The molecular weight excluding hydrogens is 346 g/mol. The molecule has 2 aromatic heterocycles. The predicted octanol–water partition coefficient (Wildman–Crippen LogP) is 5.47. The van der Waals surface area contributed by atoms with E-state index in [2.05, 4.69) is 53.6 Å². The second kappa shape index (κ2) is 5.03. The summed E-state index contributed by atoms with van der Waals surface area (Å²) in [7, 11) is 0. The Kier molecular flexibility index (Phi) is 2.81. The van der Waals surface area contributed by atoms with Crippen LogP contribution in [0, 0.1) is 30.6 Å². The Balaban J connectivity index is 1.55. The monoisotopic (exact) mass is 373 g/mol. The molecule has 4 fully saturated rings. The Morgan fingerprint density at radius 1 is 1.04 bits per heavy atom. The molecule has 1 spiro atoms. The van der Waals surface area contributed by atoms with Crippen LogP contribution < -0.4 is 4.90 Å². The molecule has 0 radical (unpaired) electrons. The number of hydrogen-bond donors (Lipinski definition) is 0. The molecule has 5 aliphatic rings. The largest absolute Gasteiger partial charge is 0.432 e. The van der Waals surface area contributed by atoms with Crippen molar-refractivity contribution in [2.75, 3.05) is 4.90 Å². The maximum atomic E-state index is 5.75. The summed E-state index contributed by atoms with van der Waals surface area (Å²) in [4.78, 5) is 7.80. The third-order valence-corrected chi connectivity index (χ3v) is 8.61. The molecule has 4 saturated carbocycles. The summed E-state index contributed by atoms with van der Waals surface area (Å²) in [6.45, 7) is 4.63. The van der Waals surface area contributed by atoms with Crippen LogP contribution >= 0.6 is 0 Å². The fourth-order valence-electron chi connectivity index (χ4n) is 7.97. The standard InChI is InChI=1S/C24H27N3O/c1-14-5-3-4-6-20(14)27-15(2)21-22(26-7-8-28-23(26)25-21)24(27)18-10-16-9-17(12-18)13-19(24)11-16/h3-8,15-19H,9-13H2,1-2H3/t15-,16?,17?,18?,19?,24?/m0/s1. The minimum Gasteiger partial charge on any atom is -0.432 e. The third-order valence-electron chi connectivity index (χ3n) is 8.61. The number of anilines is 1. The van der Waals surface area contributed by atoms with Crippen molar-refractivity contribution >= 4 is 11.5 Å². The van der Waals surface area contributed by atoms with Crippen LogP contribution in [0.1, 0.15) is 62.0 Å². The fourth-order valence-corrected chi connectivity index (χ4v) is 7.97. The van der Waals surface area contributed by atoms with Gasteiger partial charge in [0.1, 0.15) is 6.26 Å². The van der Waals surface area contributed by atoms with Crippen LogP contribution in [0.4, 0.5) is 5.69 Å². The zero-order valence-electron chi connectivity index (χ0n) is 16.6. The van der Waals surface area contributed by atoms with Gasteiger partial charge in [-0.3, -0.25) is 4.40 Å². The highest BCUT2D eigenvalue weighted by Gasteiger charge is 2.66. The van der Waals surface area contributed by atoms with Crippen molar-refractivity contribution in [3.8, 4) is 0 Å². The molecule has 4 nitrogen and oxygen atoms in total. The molecule has 28 heavy (non-hydrogen) atoms. The number of rotatable bonds is 1.